The van der Waals surface area contributed by atoms with Crippen LogP contribution in [0.25, 0.3) is 6.08 Å². The molecule has 2 aromatic carbocycles. The topological polar surface area (TPSA) is 75.9 Å². The zero-order valence-electron chi connectivity index (χ0n) is 17.3. The first-order valence-corrected chi connectivity index (χ1v) is 9.99. The summed E-state index contributed by atoms with van der Waals surface area (Å²) in [6.45, 7) is 3.59. The van der Waals surface area contributed by atoms with Gasteiger partial charge in [0.05, 0.1) is 17.1 Å². The van der Waals surface area contributed by atoms with Gasteiger partial charge in [-0.3, -0.25) is 14.9 Å². The van der Waals surface area contributed by atoms with Gasteiger partial charge in [-0.25, -0.2) is 0 Å². The first-order valence-electron chi connectivity index (χ1n) is 9.99. The van der Waals surface area contributed by atoms with Crippen LogP contribution in [0.15, 0.2) is 48.5 Å². The lowest BCUT2D eigenvalue weighted by atomic mass is 10.1. The van der Waals surface area contributed by atoms with Crippen LogP contribution in [-0.4, -0.2) is 48.5 Å². The lowest BCUT2D eigenvalue weighted by molar-refractivity contribution is -0.384. The van der Waals surface area contributed by atoms with Crippen molar-refractivity contribution in [3.05, 3.63) is 69.8 Å². The standard InChI is InChI=1S/C22H22F3N3O4/c1-2-32-18-7-3-16(4-8-18)5-10-21(29)27-13-11-26(12-14-27)19-9-6-17(22(23,24)25)15-20(19)28(30)31/h3-10,15H,2,11-14H2,1H3/b10-5+. The smallest absolute Gasteiger partial charge is 0.416 e. The van der Waals surface area contributed by atoms with Gasteiger partial charge in [-0.2, -0.15) is 13.2 Å². The third kappa shape index (κ3) is 5.57. The van der Waals surface area contributed by atoms with Crippen molar-refractivity contribution in [2.75, 3.05) is 37.7 Å². The number of nitrogens with zero attached hydrogens (tertiary/aromatic N) is 3. The van der Waals surface area contributed by atoms with Crippen molar-refractivity contribution in [3.8, 4) is 5.75 Å². The van der Waals surface area contributed by atoms with Crippen LogP contribution >= 0.6 is 0 Å². The van der Waals surface area contributed by atoms with Gasteiger partial charge in [0.2, 0.25) is 5.91 Å². The molecule has 2 aromatic rings. The summed E-state index contributed by atoms with van der Waals surface area (Å²) in [5, 5.41) is 11.3. The van der Waals surface area contributed by atoms with Gasteiger partial charge >= 0.3 is 6.18 Å². The first kappa shape index (κ1) is 23.1. The molecule has 0 N–H and O–H groups in total. The van der Waals surface area contributed by atoms with E-state index in [4.69, 9.17) is 4.74 Å². The fourth-order valence-corrected chi connectivity index (χ4v) is 3.40. The van der Waals surface area contributed by atoms with Crippen LogP contribution in [0, 0.1) is 10.1 Å². The largest absolute Gasteiger partial charge is 0.494 e. The number of anilines is 1. The van der Waals surface area contributed by atoms with Crippen LogP contribution in [-0.2, 0) is 11.0 Å². The molecule has 0 aliphatic carbocycles. The van der Waals surface area contributed by atoms with Crippen molar-refractivity contribution >= 4 is 23.4 Å². The van der Waals surface area contributed by atoms with Gasteiger partial charge in [0.15, 0.2) is 0 Å². The Kier molecular flexibility index (Phi) is 7.01. The molecule has 1 amide bonds. The number of ether oxygens (including phenoxy) is 1. The Morgan fingerprint density at radius 3 is 2.34 bits per heavy atom. The third-order valence-corrected chi connectivity index (χ3v) is 5.04. The van der Waals surface area contributed by atoms with E-state index in [1.54, 1.807) is 15.9 Å². The van der Waals surface area contributed by atoms with E-state index in [1.807, 2.05) is 31.2 Å². The highest BCUT2D eigenvalue weighted by molar-refractivity contribution is 5.92. The maximum atomic E-state index is 12.9. The number of carbonyl (C=O) groups excluding carboxylic acids is 1. The molecule has 1 aliphatic rings. The lowest BCUT2D eigenvalue weighted by Gasteiger charge is -2.35. The number of piperazine rings is 1. The van der Waals surface area contributed by atoms with Crippen molar-refractivity contribution in [1.29, 1.82) is 0 Å². The number of nitro benzene ring substituents is 1. The first-order chi connectivity index (χ1) is 15.2. The number of alkyl halides is 3. The predicted molar refractivity (Wildman–Crippen MR) is 114 cm³/mol. The van der Waals surface area contributed by atoms with Gasteiger partial charge in [-0.1, -0.05) is 12.1 Å². The second-order valence-electron chi connectivity index (χ2n) is 7.11. The molecular weight excluding hydrogens is 427 g/mol. The molecule has 0 atom stereocenters. The highest BCUT2D eigenvalue weighted by atomic mass is 19.4. The number of amides is 1. The van der Waals surface area contributed by atoms with Gasteiger partial charge in [0.1, 0.15) is 11.4 Å². The van der Waals surface area contributed by atoms with Crippen molar-refractivity contribution in [2.24, 2.45) is 0 Å². The zero-order chi connectivity index (χ0) is 23.3. The van der Waals surface area contributed by atoms with Crippen LogP contribution < -0.4 is 9.64 Å². The number of carbonyl (C=O) groups is 1. The van der Waals surface area contributed by atoms with Crippen LogP contribution in [0.1, 0.15) is 18.1 Å². The highest BCUT2D eigenvalue weighted by Crippen LogP contribution is 2.36. The average molecular weight is 449 g/mol. The van der Waals surface area contributed by atoms with Gasteiger partial charge in [-0.15, -0.1) is 0 Å². The summed E-state index contributed by atoms with van der Waals surface area (Å²) >= 11 is 0. The second kappa shape index (κ2) is 9.71. The summed E-state index contributed by atoms with van der Waals surface area (Å²) < 4.78 is 44.1. The molecule has 3 rings (SSSR count). The molecule has 1 aliphatic heterocycles. The number of halogens is 3. The Balaban J connectivity index is 1.63. The van der Waals surface area contributed by atoms with E-state index < -0.39 is 22.4 Å². The summed E-state index contributed by atoms with van der Waals surface area (Å²) in [6.07, 6.45) is -1.53. The molecule has 0 aromatic heterocycles. The summed E-state index contributed by atoms with van der Waals surface area (Å²) in [5.74, 6) is 0.532. The van der Waals surface area contributed by atoms with Crippen molar-refractivity contribution in [2.45, 2.75) is 13.1 Å². The molecule has 170 valence electrons. The van der Waals surface area contributed by atoms with Crippen LogP contribution in [0.3, 0.4) is 0 Å². The van der Waals surface area contributed by atoms with E-state index in [0.717, 1.165) is 23.4 Å². The average Bonchev–Trinajstić information content (AvgIpc) is 2.77. The molecule has 7 nitrogen and oxygen atoms in total. The van der Waals surface area contributed by atoms with Crippen molar-refractivity contribution in [3.63, 3.8) is 0 Å². The number of hydrogen-bond acceptors (Lipinski definition) is 5. The predicted octanol–water partition coefficient (Wildman–Crippen LogP) is 4.37. The molecule has 1 saturated heterocycles. The summed E-state index contributed by atoms with van der Waals surface area (Å²) in [6, 6.07) is 9.77. The minimum absolute atomic E-state index is 0.111. The maximum Gasteiger partial charge on any atom is 0.416 e. The molecule has 0 radical (unpaired) electrons. The Morgan fingerprint density at radius 1 is 1.12 bits per heavy atom. The fraction of sp³-hybridized carbons (Fsp3) is 0.318. The van der Waals surface area contributed by atoms with Crippen LogP contribution in [0.5, 0.6) is 5.75 Å². The summed E-state index contributed by atoms with van der Waals surface area (Å²) in [4.78, 5) is 26.2. The number of hydrogen-bond donors (Lipinski definition) is 0. The third-order valence-electron chi connectivity index (χ3n) is 5.04. The van der Waals surface area contributed by atoms with Crippen molar-refractivity contribution < 1.29 is 27.6 Å². The monoisotopic (exact) mass is 449 g/mol. The van der Waals surface area contributed by atoms with Crippen LogP contribution in [0.4, 0.5) is 24.5 Å². The lowest BCUT2D eigenvalue weighted by Crippen LogP contribution is -2.48. The van der Waals surface area contributed by atoms with Gasteiger partial charge in [0.25, 0.3) is 5.69 Å². The fourth-order valence-electron chi connectivity index (χ4n) is 3.40. The van der Waals surface area contributed by atoms with E-state index in [2.05, 4.69) is 0 Å². The van der Waals surface area contributed by atoms with E-state index >= 15 is 0 Å². The summed E-state index contributed by atoms with van der Waals surface area (Å²) in [7, 11) is 0. The number of rotatable bonds is 6. The van der Waals surface area contributed by atoms with E-state index in [1.165, 1.54) is 6.08 Å². The normalized spacial score (nSPS) is 14.6. The van der Waals surface area contributed by atoms with E-state index in [0.29, 0.717) is 25.8 Å². The molecular formula is C22H22F3N3O4. The molecule has 0 saturated carbocycles. The molecule has 1 heterocycles. The van der Waals surface area contributed by atoms with Crippen molar-refractivity contribution in [1.82, 2.24) is 4.90 Å². The molecule has 32 heavy (non-hydrogen) atoms. The van der Waals surface area contributed by atoms with Gasteiger partial charge in [-0.05, 0) is 42.8 Å². The molecule has 1 fully saturated rings. The molecule has 0 spiro atoms. The van der Waals surface area contributed by atoms with Gasteiger partial charge in [0, 0.05) is 38.3 Å². The number of nitro groups is 1. The summed E-state index contributed by atoms with van der Waals surface area (Å²) in [5.41, 5.74) is -0.725. The van der Waals surface area contributed by atoms with Gasteiger partial charge < -0.3 is 14.5 Å². The van der Waals surface area contributed by atoms with E-state index in [-0.39, 0.29) is 24.7 Å². The minimum atomic E-state index is -4.66. The Labute approximate surface area is 182 Å². The SMILES string of the molecule is CCOc1ccc(/C=C/C(=O)N2CCN(c3ccc(C(F)(F)F)cc3[N+](=O)[O-])CC2)cc1. The van der Waals surface area contributed by atoms with E-state index in [9.17, 15) is 28.1 Å². The Morgan fingerprint density at radius 2 is 1.78 bits per heavy atom. The minimum Gasteiger partial charge on any atom is -0.494 e. The zero-order valence-corrected chi connectivity index (χ0v) is 17.3. The molecule has 10 heteroatoms. The maximum absolute atomic E-state index is 12.9. The van der Waals surface area contributed by atoms with Crippen LogP contribution in [0.2, 0.25) is 0 Å². The Hall–Kier alpha value is -3.56. The quantitative estimate of drug-likeness (QED) is 0.372. The second-order valence-corrected chi connectivity index (χ2v) is 7.11. The molecule has 0 bridgehead atoms. The number of benzene rings is 2. The highest BCUT2D eigenvalue weighted by Gasteiger charge is 2.34. The molecule has 0 unspecified atom stereocenters. The Bertz CT molecular complexity index is 998.